The van der Waals surface area contributed by atoms with Gasteiger partial charge in [0.05, 0.1) is 4.90 Å². The summed E-state index contributed by atoms with van der Waals surface area (Å²) < 4.78 is 22.7. The summed E-state index contributed by atoms with van der Waals surface area (Å²) in [6.45, 7) is 5.24. The van der Waals surface area contributed by atoms with E-state index in [2.05, 4.69) is 5.32 Å². The van der Waals surface area contributed by atoms with Crippen molar-refractivity contribution in [2.75, 3.05) is 11.2 Å². The van der Waals surface area contributed by atoms with E-state index in [1.54, 1.807) is 20.8 Å². The second-order valence-electron chi connectivity index (χ2n) is 4.50. The van der Waals surface area contributed by atoms with Crippen LogP contribution < -0.4 is 10.5 Å². The molecular weight excluding hydrogens is 288 g/mol. The summed E-state index contributed by atoms with van der Waals surface area (Å²) >= 11 is 5.61. The maximum atomic E-state index is 11.8. The molecule has 5 nitrogen and oxygen atoms in total. The number of alkyl halides is 1. The summed E-state index contributed by atoms with van der Waals surface area (Å²) in [7, 11) is -3.80. The van der Waals surface area contributed by atoms with Gasteiger partial charge in [0, 0.05) is 17.5 Å². The fourth-order valence-corrected chi connectivity index (χ4v) is 2.21. The summed E-state index contributed by atoms with van der Waals surface area (Å²) in [5.41, 5.74) is 1.97. The molecule has 1 atom stereocenters. The largest absolute Gasteiger partial charge is 0.326 e. The number of hydrogen-bond acceptors (Lipinski definition) is 3. The predicted molar refractivity (Wildman–Crippen MR) is 75.8 cm³/mol. The molecule has 1 aromatic rings. The SMILES string of the molecule is Cc1cc(S(N)(=O)=O)cc(NC(=O)C(C)CCl)c1C. The zero-order valence-electron chi connectivity index (χ0n) is 11.0. The van der Waals surface area contributed by atoms with Gasteiger partial charge in [0.1, 0.15) is 0 Å². The molecule has 0 aromatic heterocycles. The Morgan fingerprint density at radius 3 is 2.47 bits per heavy atom. The molecule has 0 radical (unpaired) electrons. The highest BCUT2D eigenvalue weighted by atomic mass is 35.5. The first-order chi connectivity index (χ1) is 8.66. The Kier molecular flexibility index (Phi) is 4.95. The van der Waals surface area contributed by atoms with E-state index in [4.69, 9.17) is 16.7 Å². The van der Waals surface area contributed by atoms with Crippen molar-refractivity contribution in [2.45, 2.75) is 25.7 Å². The number of anilines is 1. The summed E-state index contributed by atoms with van der Waals surface area (Å²) in [6, 6.07) is 2.84. The van der Waals surface area contributed by atoms with E-state index < -0.39 is 10.0 Å². The van der Waals surface area contributed by atoms with Gasteiger partial charge in [-0.25, -0.2) is 13.6 Å². The highest BCUT2D eigenvalue weighted by molar-refractivity contribution is 7.89. The van der Waals surface area contributed by atoms with Gasteiger partial charge in [0.15, 0.2) is 0 Å². The van der Waals surface area contributed by atoms with Gasteiger partial charge in [-0.2, -0.15) is 0 Å². The molecule has 1 unspecified atom stereocenters. The number of primary sulfonamides is 1. The van der Waals surface area contributed by atoms with E-state index in [0.29, 0.717) is 5.69 Å². The number of aryl methyl sites for hydroxylation is 1. The number of nitrogens with two attached hydrogens (primary N) is 1. The summed E-state index contributed by atoms with van der Waals surface area (Å²) in [4.78, 5) is 11.8. The lowest BCUT2D eigenvalue weighted by molar-refractivity contribution is -0.118. The van der Waals surface area contributed by atoms with E-state index in [1.807, 2.05) is 0 Å². The minimum absolute atomic E-state index is 0.0237. The Morgan fingerprint density at radius 1 is 1.42 bits per heavy atom. The van der Waals surface area contributed by atoms with E-state index in [0.717, 1.165) is 11.1 Å². The number of carbonyl (C=O) groups excluding carboxylic acids is 1. The maximum Gasteiger partial charge on any atom is 0.238 e. The average Bonchev–Trinajstić information content (AvgIpc) is 2.32. The summed E-state index contributed by atoms with van der Waals surface area (Å²) in [5, 5.41) is 7.77. The molecule has 1 aromatic carbocycles. The monoisotopic (exact) mass is 304 g/mol. The highest BCUT2D eigenvalue weighted by Gasteiger charge is 2.16. The highest BCUT2D eigenvalue weighted by Crippen LogP contribution is 2.24. The molecule has 1 rings (SSSR count). The van der Waals surface area contributed by atoms with Gasteiger partial charge in [-0.15, -0.1) is 11.6 Å². The first-order valence-corrected chi connectivity index (χ1v) is 7.75. The van der Waals surface area contributed by atoms with Crippen molar-refractivity contribution in [3.05, 3.63) is 23.3 Å². The van der Waals surface area contributed by atoms with Crippen molar-refractivity contribution in [1.29, 1.82) is 0 Å². The second-order valence-corrected chi connectivity index (χ2v) is 6.37. The number of hydrogen-bond donors (Lipinski definition) is 2. The van der Waals surface area contributed by atoms with Crippen LogP contribution in [0.25, 0.3) is 0 Å². The minimum atomic E-state index is -3.80. The zero-order valence-corrected chi connectivity index (χ0v) is 12.6. The van der Waals surface area contributed by atoms with Crippen LogP contribution in [0, 0.1) is 19.8 Å². The lowest BCUT2D eigenvalue weighted by Crippen LogP contribution is -2.22. The van der Waals surface area contributed by atoms with Crippen LogP contribution in [0.1, 0.15) is 18.1 Å². The molecule has 0 aliphatic carbocycles. The van der Waals surface area contributed by atoms with E-state index in [9.17, 15) is 13.2 Å². The van der Waals surface area contributed by atoms with Gasteiger partial charge in [-0.1, -0.05) is 6.92 Å². The first-order valence-electron chi connectivity index (χ1n) is 5.67. The fourth-order valence-electron chi connectivity index (χ4n) is 1.45. The summed E-state index contributed by atoms with van der Waals surface area (Å²) in [6.07, 6.45) is 0. The van der Waals surface area contributed by atoms with Crippen LogP contribution in [0.15, 0.2) is 17.0 Å². The second kappa shape index (κ2) is 5.90. The maximum absolute atomic E-state index is 11.8. The summed E-state index contributed by atoms with van der Waals surface area (Å²) in [5.74, 6) is -0.428. The molecule has 0 spiro atoms. The van der Waals surface area contributed by atoms with Gasteiger partial charge < -0.3 is 5.32 Å². The number of amides is 1. The van der Waals surface area contributed by atoms with Crippen molar-refractivity contribution < 1.29 is 13.2 Å². The number of halogens is 1. The van der Waals surface area contributed by atoms with Crippen LogP contribution in [0.2, 0.25) is 0 Å². The lowest BCUT2D eigenvalue weighted by atomic mass is 10.1. The topological polar surface area (TPSA) is 89.3 Å². The molecule has 106 valence electrons. The molecule has 3 N–H and O–H groups in total. The Hall–Kier alpha value is -1.11. The Morgan fingerprint density at radius 2 is 2.00 bits per heavy atom. The van der Waals surface area contributed by atoms with Crippen molar-refractivity contribution in [2.24, 2.45) is 11.1 Å². The van der Waals surface area contributed by atoms with Crippen LogP contribution in [0.4, 0.5) is 5.69 Å². The van der Waals surface area contributed by atoms with Crippen LogP contribution in [-0.2, 0) is 14.8 Å². The van der Waals surface area contributed by atoms with E-state index >= 15 is 0 Å². The molecule has 0 bridgehead atoms. The number of nitrogens with one attached hydrogen (secondary N) is 1. The van der Waals surface area contributed by atoms with Crippen LogP contribution in [0.5, 0.6) is 0 Å². The molecule has 0 aliphatic heterocycles. The Bertz CT molecular complexity index is 599. The van der Waals surface area contributed by atoms with Crippen LogP contribution >= 0.6 is 11.6 Å². The number of benzene rings is 1. The molecule has 0 fully saturated rings. The third-order valence-electron chi connectivity index (χ3n) is 2.91. The van der Waals surface area contributed by atoms with Crippen molar-refractivity contribution in [3.8, 4) is 0 Å². The zero-order chi connectivity index (χ0) is 14.8. The third-order valence-corrected chi connectivity index (χ3v) is 4.26. The van der Waals surface area contributed by atoms with E-state index in [-0.39, 0.29) is 22.6 Å². The lowest BCUT2D eigenvalue weighted by Gasteiger charge is -2.14. The van der Waals surface area contributed by atoms with Gasteiger partial charge in [-0.05, 0) is 37.1 Å². The molecule has 0 saturated heterocycles. The van der Waals surface area contributed by atoms with Gasteiger partial charge in [-0.3, -0.25) is 4.79 Å². The Labute approximate surface area is 118 Å². The number of sulfonamides is 1. The molecule has 0 aliphatic rings. The number of carbonyl (C=O) groups is 1. The molecule has 1 amide bonds. The van der Waals surface area contributed by atoms with Gasteiger partial charge >= 0.3 is 0 Å². The van der Waals surface area contributed by atoms with Gasteiger partial charge in [0.2, 0.25) is 15.9 Å². The predicted octanol–water partition coefficient (Wildman–Crippen LogP) is 1.76. The number of rotatable bonds is 4. The van der Waals surface area contributed by atoms with E-state index in [1.165, 1.54) is 12.1 Å². The van der Waals surface area contributed by atoms with Crippen molar-refractivity contribution in [1.82, 2.24) is 0 Å². The van der Waals surface area contributed by atoms with Crippen molar-refractivity contribution >= 4 is 33.2 Å². The van der Waals surface area contributed by atoms with Crippen LogP contribution in [-0.4, -0.2) is 20.2 Å². The first kappa shape index (κ1) is 15.9. The standard InChI is InChI=1S/C12H17ClN2O3S/c1-7-4-10(19(14,17)18)5-11(9(7)3)15-12(16)8(2)6-13/h4-5,8H,6H2,1-3H3,(H,15,16)(H2,14,17,18). The Balaban J connectivity index is 3.21. The molecule has 7 heteroatoms. The molecule has 19 heavy (non-hydrogen) atoms. The van der Waals surface area contributed by atoms with Crippen molar-refractivity contribution in [3.63, 3.8) is 0 Å². The smallest absolute Gasteiger partial charge is 0.238 e. The molecule has 0 saturated carbocycles. The normalized spacial score (nSPS) is 13.1. The third kappa shape index (κ3) is 3.92. The quantitative estimate of drug-likeness (QED) is 0.831. The fraction of sp³-hybridized carbons (Fsp3) is 0.417. The minimum Gasteiger partial charge on any atom is -0.326 e. The van der Waals surface area contributed by atoms with Crippen LogP contribution in [0.3, 0.4) is 0 Å². The van der Waals surface area contributed by atoms with Gasteiger partial charge in [0.25, 0.3) is 0 Å². The molecular formula is C12H17ClN2O3S. The molecule has 0 heterocycles. The average molecular weight is 305 g/mol.